The normalized spacial score (nSPS) is 20.1. The van der Waals surface area contributed by atoms with Gasteiger partial charge < -0.3 is 15.4 Å². The lowest BCUT2D eigenvalue weighted by Crippen LogP contribution is -2.42. The largest absolute Gasteiger partial charge is 0.401 e. The molecule has 0 bridgehead atoms. The fourth-order valence-electron chi connectivity index (χ4n) is 2.18. The molecule has 0 aromatic heterocycles. The number of rotatable bonds is 7. The van der Waals surface area contributed by atoms with Gasteiger partial charge in [0.1, 0.15) is 0 Å². The summed E-state index contributed by atoms with van der Waals surface area (Å²) in [5.74, 6) is 0.656. The lowest BCUT2D eigenvalue weighted by Gasteiger charge is -2.19. The van der Waals surface area contributed by atoms with Crippen molar-refractivity contribution in [1.29, 1.82) is 0 Å². The van der Waals surface area contributed by atoms with E-state index in [9.17, 15) is 13.2 Å². The molecule has 21 heavy (non-hydrogen) atoms. The summed E-state index contributed by atoms with van der Waals surface area (Å²) in [5, 5.41) is 6.24. The number of nitrogens with zero attached hydrogens (tertiary/aromatic N) is 2. The molecular weight excluding hydrogens is 285 g/mol. The summed E-state index contributed by atoms with van der Waals surface area (Å²) in [4.78, 5) is 5.34. The average molecular weight is 310 g/mol. The maximum Gasteiger partial charge on any atom is 0.401 e. The maximum absolute atomic E-state index is 12.1. The molecule has 0 spiro atoms. The van der Waals surface area contributed by atoms with Crippen LogP contribution in [0.2, 0.25) is 0 Å². The summed E-state index contributed by atoms with van der Waals surface area (Å²) in [7, 11) is 3.14. The van der Waals surface area contributed by atoms with Crippen LogP contribution in [0.3, 0.4) is 0 Å². The number of nitrogens with one attached hydrogen (secondary N) is 2. The van der Waals surface area contributed by atoms with Gasteiger partial charge in [0.15, 0.2) is 5.96 Å². The third kappa shape index (κ3) is 8.77. The Morgan fingerprint density at radius 3 is 2.71 bits per heavy atom. The molecule has 0 aromatic rings. The predicted molar refractivity (Wildman–Crippen MR) is 76.5 cm³/mol. The highest BCUT2D eigenvalue weighted by Crippen LogP contribution is 2.15. The first-order chi connectivity index (χ1) is 9.90. The van der Waals surface area contributed by atoms with Gasteiger partial charge in [-0.2, -0.15) is 13.2 Å². The van der Waals surface area contributed by atoms with Gasteiger partial charge in [0, 0.05) is 26.7 Å². The standard InChI is InChI=1S/C13H25F3N4O/c1-17-12(19-9-11-5-3-8-21-11)18-6-4-7-20(2)10-13(14,15)16/h11H,3-10H2,1-2H3,(H2,17,18,19). The quantitative estimate of drug-likeness (QED) is 0.422. The van der Waals surface area contributed by atoms with Crippen molar-refractivity contribution < 1.29 is 17.9 Å². The van der Waals surface area contributed by atoms with Crippen LogP contribution >= 0.6 is 0 Å². The lowest BCUT2D eigenvalue weighted by atomic mass is 10.2. The molecule has 1 heterocycles. The van der Waals surface area contributed by atoms with E-state index in [-0.39, 0.29) is 6.10 Å². The van der Waals surface area contributed by atoms with Crippen molar-refractivity contribution in [3.63, 3.8) is 0 Å². The molecule has 124 valence electrons. The molecule has 2 N–H and O–H groups in total. The van der Waals surface area contributed by atoms with E-state index in [1.807, 2.05) is 0 Å². The van der Waals surface area contributed by atoms with E-state index in [2.05, 4.69) is 15.6 Å². The van der Waals surface area contributed by atoms with Gasteiger partial charge in [0.2, 0.25) is 0 Å². The highest BCUT2D eigenvalue weighted by atomic mass is 19.4. The molecule has 1 saturated heterocycles. The molecule has 1 fully saturated rings. The minimum Gasteiger partial charge on any atom is -0.376 e. The third-order valence-corrected chi connectivity index (χ3v) is 3.20. The summed E-state index contributed by atoms with van der Waals surface area (Å²) in [6.45, 7) is 1.60. The monoisotopic (exact) mass is 310 g/mol. The number of hydrogen-bond acceptors (Lipinski definition) is 3. The second-order valence-corrected chi connectivity index (χ2v) is 5.22. The van der Waals surface area contributed by atoms with Crippen LogP contribution in [-0.4, -0.2) is 70.0 Å². The Morgan fingerprint density at radius 1 is 1.38 bits per heavy atom. The number of alkyl halides is 3. The molecule has 0 radical (unpaired) electrons. The SMILES string of the molecule is CN=C(NCCCN(C)CC(F)(F)F)NCC1CCCO1. The van der Waals surface area contributed by atoms with E-state index in [1.165, 1.54) is 11.9 Å². The van der Waals surface area contributed by atoms with E-state index < -0.39 is 12.7 Å². The number of guanidine groups is 1. The number of aliphatic imine (C=N–C) groups is 1. The van der Waals surface area contributed by atoms with Crippen LogP contribution in [0.15, 0.2) is 4.99 Å². The number of hydrogen-bond donors (Lipinski definition) is 2. The summed E-state index contributed by atoms with van der Waals surface area (Å²) in [5.41, 5.74) is 0. The second kappa shape index (κ2) is 9.09. The average Bonchev–Trinajstić information content (AvgIpc) is 2.89. The van der Waals surface area contributed by atoms with Gasteiger partial charge >= 0.3 is 6.18 Å². The van der Waals surface area contributed by atoms with Gasteiger partial charge in [-0.15, -0.1) is 0 Å². The van der Waals surface area contributed by atoms with E-state index in [4.69, 9.17) is 4.74 Å². The Morgan fingerprint density at radius 2 is 2.14 bits per heavy atom. The van der Waals surface area contributed by atoms with Gasteiger partial charge in [0.05, 0.1) is 12.6 Å². The van der Waals surface area contributed by atoms with Crippen molar-refractivity contribution >= 4 is 5.96 Å². The lowest BCUT2D eigenvalue weighted by molar-refractivity contribution is -0.143. The summed E-state index contributed by atoms with van der Waals surface area (Å²) >= 11 is 0. The zero-order valence-corrected chi connectivity index (χ0v) is 12.7. The fourth-order valence-corrected chi connectivity index (χ4v) is 2.18. The van der Waals surface area contributed by atoms with Gasteiger partial charge in [-0.25, -0.2) is 0 Å². The Kier molecular flexibility index (Phi) is 7.81. The Bertz CT molecular complexity index is 317. The van der Waals surface area contributed by atoms with E-state index in [0.29, 0.717) is 32.0 Å². The molecule has 1 unspecified atom stereocenters. The molecule has 0 aliphatic carbocycles. The maximum atomic E-state index is 12.1. The molecule has 1 atom stereocenters. The van der Waals surface area contributed by atoms with Crippen molar-refractivity contribution in [3.8, 4) is 0 Å². The molecule has 5 nitrogen and oxygen atoms in total. The van der Waals surface area contributed by atoms with Crippen molar-refractivity contribution in [2.45, 2.75) is 31.5 Å². The fraction of sp³-hybridized carbons (Fsp3) is 0.923. The summed E-state index contributed by atoms with van der Waals surface area (Å²) in [6, 6.07) is 0. The van der Waals surface area contributed by atoms with Crippen LogP contribution in [0.4, 0.5) is 13.2 Å². The third-order valence-electron chi connectivity index (χ3n) is 3.20. The first-order valence-electron chi connectivity index (χ1n) is 7.22. The zero-order chi connectivity index (χ0) is 15.7. The first-order valence-corrected chi connectivity index (χ1v) is 7.22. The minimum atomic E-state index is -4.14. The van der Waals surface area contributed by atoms with Crippen LogP contribution in [0.5, 0.6) is 0 Å². The van der Waals surface area contributed by atoms with Crippen LogP contribution in [0.25, 0.3) is 0 Å². The van der Waals surface area contributed by atoms with Gasteiger partial charge in [0.25, 0.3) is 0 Å². The molecule has 1 aliphatic rings. The van der Waals surface area contributed by atoms with Crippen LogP contribution in [0, 0.1) is 0 Å². The molecule has 0 aromatic carbocycles. The van der Waals surface area contributed by atoms with Crippen LogP contribution in [0.1, 0.15) is 19.3 Å². The van der Waals surface area contributed by atoms with Gasteiger partial charge in [-0.1, -0.05) is 0 Å². The summed E-state index contributed by atoms with van der Waals surface area (Å²) in [6.07, 6.45) is -1.16. The molecule has 1 aliphatic heterocycles. The smallest absolute Gasteiger partial charge is 0.376 e. The highest BCUT2D eigenvalue weighted by Gasteiger charge is 2.28. The van der Waals surface area contributed by atoms with Crippen molar-refractivity contribution in [3.05, 3.63) is 0 Å². The minimum absolute atomic E-state index is 0.224. The molecule has 8 heteroatoms. The zero-order valence-electron chi connectivity index (χ0n) is 12.7. The highest BCUT2D eigenvalue weighted by molar-refractivity contribution is 5.79. The summed E-state index contributed by atoms with van der Waals surface area (Å²) < 4.78 is 41.9. The van der Waals surface area contributed by atoms with Crippen molar-refractivity contribution in [2.24, 2.45) is 4.99 Å². The Labute approximate surface area is 123 Å². The molecule has 0 saturated carbocycles. The van der Waals surface area contributed by atoms with Crippen molar-refractivity contribution in [1.82, 2.24) is 15.5 Å². The van der Waals surface area contributed by atoms with Gasteiger partial charge in [-0.3, -0.25) is 9.89 Å². The van der Waals surface area contributed by atoms with Gasteiger partial charge in [-0.05, 0) is 32.9 Å². The van der Waals surface area contributed by atoms with Crippen molar-refractivity contribution in [2.75, 3.05) is 46.9 Å². The van der Waals surface area contributed by atoms with E-state index in [0.717, 1.165) is 19.4 Å². The Balaban J connectivity index is 2.09. The molecule has 1 rings (SSSR count). The van der Waals surface area contributed by atoms with E-state index >= 15 is 0 Å². The first kappa shape index (κ1) is 18.0. The number of ether oxygens (including phenoxy) is 1. The topological polar surface area (TPSA) is 48.9 Å². The Hall–Kier alpha value is -1.02. The predicted octanol–water partition coefficient (Wildman–Crippen LogP) is 1.21. The second-order valence-electron chi connectivity index (χ2n) is 5.22. The van der Waals surface area contributed by atoms with Crippen LogP contribution in [-0.2, 0) is 4.74 Å². The van der Waals surface area contributed by atoms with E-state index in [1.54, 1.807) is 7.05 Å². The van der Waals surface area contributed by atoms with Crippen LogP contribution < -0.4 is 10.6 Å². The molecule has 0 amide bonds. The molecular formula is C13H25F3N4O. The number of halogens is 3.